The molecule has 28 heavy (non-hydrogen) atoms. The Morgan fingerprint density at radius 1 is 0.964 bits per heavy atom. The summed E-state index contributed by atoms with van der Waals surface area (Å²) in [5.74, 6) is -1.20. The highest BCUT2D eigenvalue weighted by Gasteiger charge is 2.33. The lowest BCUT2D eigenvalue weighted by Crippen LogP contribution is -2.46. The van der Waals surface area contributed by atoms with Crippen molar-refractivity contribution in [1.82, 2.24) is 0 Å². The Morgan fingerprint density at radius 3 is 2.18 bits per heavy atom. The molecule has 2 aromatic carbocycles. The molecule has 0 radical (unpaired) electrons. The molecular weight excluding hydrogens is 356 g/mol. The van der Waals surface area contributed by atoms with Crippen LogP contribution in [-0.2, 0) is 4.74 Å². The minimum absolute atomic E-state index is 0.00131. The predicted molar refractivity (Wildman–Crippen MR) is 107 cm³/mol. The highest BCUT2D eigenvalue weighted by atomic mass is 16.5. The van der Waals surface area contributed by atoms with Crippen molar-refractivity contribution in [3.8, 4) is 0 Å². The van der Waals surface area contributed by atoms with Gasteiger partial charge in [0.2, 0.25) is 0 Å². The Labute approximate surface area is 164 Å². The molecule has 0 spiro atoms. The zero-order valence-electron chi connectivity index (χ0n) is 16.5. The Hall–Kier alpha value is -2.99. The number of nitrogens with two attached hydrogens (primary N) is 1. The third-order valence-corrected chi connectivity index (χ3v) is 5.74. The summed E-state index contributed by atoms with van der Waals surface area (Å²) >= 11 is 0. The van der Waals surface area contributed by atoms with E-state index in [0.29, 0.717) is 17.7 Å². The SMILES string of the molecule is CC[N+](C)(CC)CCOC(=O)c1ccc2c(c1N)C(=O)c1ccccc1C2=O. The first-order valence-corrected chi connectivity index (χ1v) is 9.44. The standard InChI is InChI=1S/C22H24N2O4/c1-4-24(3,5-2)12-13-28-22(27)17-11-10-16-18(19(17)23)21(26)15-9-7-6-8-14(15)20(16)25/h6-11H,4-5,12-13H2,1-3H3,(H-,23,26,27)/p+1. The Bertz CT molecular complexity index is 961. The van der Waals surface area contributed by atoms with E-state index >= 15 is 0 Å². The normalized spacial score (nSPS) is 13.1. The summed E-state index contributed by atoms with van der Waals surface area (Å²) in [6.07, 6.45) is 0. The van der Waals surface area contributed by atoms with Gasteiger partial charge in [-0.2, -0.15) is 0 Å². The fourth-order valence-corrected chi connectivity index (χ4v) is 3.37. The minimum atomic E-state index is -0.585. The number of quaternary nitrogens is 1. The number of esters is 1. The van der Waals surface area contributed by atoms with Crippen molar-refractivity contribution in [2.24, 2.45) is 0 Å². The quantitative estimate of drug-likeness (QED) is 0.403. The topological polar surface area (TPSA) is 86.5 Å². The van der Waals surface area contributed by atoms with Gasteiger partial charge < -0.3 is 15.0 Å². The molecule has 6 heteroatoms. The van der Waals surface area contributed by atoms with Crippen molar-refractivity contribution in [2.45, 2.75) is 13.8 Å². The van der Waals surface area contributed by atoms with Gasteiger partial charge in [-0.05, 0) is 26.0 Å². The summed E-state index contributed by atoms with van der Waals surface area (Å²) in [5.41, 5.74) is 7.22. The van der Waals surface area contributed by atoms with Crippen LogP contribution in [-0.4, -0.2) is 55.3 Å². The Kier molecular flexibility index (Phi) is 5.34. The molecule has 6 nitrogen and oxygen atoms in total. The van der Waals surface area contributed by atoms with Gasteiger partial charge in [0.05, 0.1) is 37.0 Å². The number of hydrogen-bond acceptors (Lipinski definition) is 5. The molecule has 1 aliphatic rings. The molecule has 146 valence electrons. The fraction of sp³-hybridized carbons (Fsp3) is 0.318. The third kappa shape index (κ3) is 3.31. The summed E-state index contributed by atoms with van der Waals surface area (Å²) < 4.78 is 6.19. The van der Waals surface area contributed by atoms with Crippen LogP contribution in [0.5, 0.6) is 0 Å². The molecule has 0 saturated heterocycles. The molecule has 2 aromatic rings. The van der Waals surface area contributed by atoms with E-state index in [-0.39, 0.29) is 40.6 Å². The van der Waals surface area contributed by atoms with E-state index in [1.807, 2.05) is 0 Å². The van der Waals surface area contributed by atoms with Gasteiger partial charge in [0.1, 0.15) is 13.2 Å². The largest absolute Gasteiger partial charge is 0.456 e. The van der Waals surface area contributed by atoms with Crippen LogP contribution >= 0.6 is 0 Å². The van der Waals surface area contributed by atoms with Gasteiger partial charge in [0.15, 0.2) is 11.6 Å². The average Bonchev–Trinajstić information content (AvgIpc) is 2.71. The predicted octanol–water partition coefficient (Wildman–Crippen LogP) is 2.69. The van der Waals surface area contributed by atoms with E-state index in [1.165, 1.54) is 12.1 Å². The number of nitrogens with zero attached hydrogens (tertiary/aromatic N) is 1. The van der Waals surface area contributed by atoms with Crippen LogP contribution in [0.25, 0.3) is 0 Å². The van der Waals surface area contributed by atoms with Crippen LogP contribution in [0.2, 0.25) is 0 Å². The van der Waals surface area contributed by atoms with Gasteiger partial charge in [-0.15, -0.1) is 0 Å². The lowest BCUT2D eigenvalue weighted by molar-refractivity contribution is -0.906. The van der Waals surface area contributed by atoms with Gasteiger partial charge in [-0.1, -0.05) is 24.3 Å². The van der Waals surface area contributed by atoms with Crippen molar-refractivity contribution in [3.63, 3.8) is 0 Å². The van der Waals surface area contributed by atoms with Crippen LogP contribution in [0.4, 0.5) is 5.69 Å². The molecule has 1 aliphatic carbocycles. The summed E-state index contributed by atoms with van der Waals surface area (Å²) in [5, 5.41) is 0. The number of hydrogen-bond donors (Lipinski definition) is 1. The zero-order chi connectivity index (χ0) is 20.5. The number of fused-ring (bicyclic) bond motifs is 2. The van der Waals surface area contributed by atoms with Crippen LogP contribution in [0.1, 0.15) is 56.0 Å². The monoisotopic (exact) mass is 381 g/mol. The number of rotatable bonds is 6. The van der Waals surface area contributed by atoms with Crippen molar-refractivity contribution in [1.29, 1.82) is 0 Å². The van der Waals surface area contributed by atoms with E-state index in [1.54, 1.807) is 24.3 Å². The molecule has 0 fully saturated rings. The van der Waals surface area contributed by atoms with Gasteiger partial charge in [0.25, 0.3) is 0 Å². The molecule has 3 rings (SSSR count). The van der Waals surface area contributed by atoms with Gasteiger partial charge in [-0.3, -0.25) is 9.59 Å². The van der Waals surface area contributed by atoms with E-state index in [0.717, 1.165) is 17.6 Å². The Balaban J connectivity index is 1.87. The van der Waals surface area contributed by atoms with E-state index in [9.17, 15) is 14.4 Å². The third-order valence-electron chi connectivity index (χ3n) is 5.74. The van der Waals surface area contributed by atoms with Gasteiger partial charge in [-0.25, -0.2) is 4.79 Å². The molecule has 0 atom stereocenters. The zero-order valence-corrected chi connectivity index (χ0v) is 16.5. The van der Waals surface area contributed by atoms with Gasteiger partial charge in [0, 0.05) is 16.7 Å². The number of ketones is 2. The second-order valence-electron chi connectivity index (χ2n) is 7.26. The fourth-order valence-electron chi connectivity index (χ4n) is 3.37. The lowest BCUT2D eigenvalue weighted by atomic mass is 9.82. The summed E-state index contributed by atoms with van der Waals surface area (Å²) in [7, 11) is 2.10. The first-order valence-electron chi connectivity index (χ1n) is 9.44. The summed E-state index contributed by atoms with van der Waals surface area (Å²) in [6, 6.07) is 9.56. The highest BCUT2D eigenvalue weighted by Crippen LogP contribution is 2.32. The number of benzene rings is 2. The molecule has 0 heterocycles. The number of carbonyl (C=O) groups is 3. The second kappa shape index (κ2) is 7.56. The van der Waals surface area contributed by atoms with Crippen LogP contribution in [0.3, 0.4) is 0 Å². The van der Waals surface area contributed by atoms with Crippen LogP contribution in [0, 0.1) is 0 Å². The smallest absolute Gasteiger partial charge is 0.340 e. The molecule has 2 N–H and O–H groups in total. The van der Waals surface area contributed by atoms with Crippen molar-refractivity contribution >= 4 is 23.2 Å². The molecule has 0 bridgehead atoms. The van der Waals surface area contributed by atoms with Gasteiger partial charge >= 0.3 is 5.97 Å². The molecule has 0 aromatic heterocycles. The maximum atomic E-state index is 12.9. The number of anilines is 1. The van der Waals surface area contributed by atoms with Crippen molar-refractivity contribution < 1.29 is 23.6 Å². The maximum absolute atomic E-state index is 12.9. The summed E-state index contributed by atoms with van der Waals surface area (Å²) in [4.78, 5) is 38.1. The molecule has 0 unspecified atom stereocenters. The van der Waals surface area contributed by atoms with Crippen LogP contribution in [0.15, 0.2) is 36.4 Å². The number of carbonyl (C=O) groups excluding carboxylic acids is 3. The minimum Gasteiger partial charge on any atom is -0.456 e. The van der Waals surface area contributed by atoms with Crippen LogP contribution < -0.4 is 5.73 Å². The molecule has 0 amide bonds. The second-order valence-corrected chi connectivity index (χ2v) is 7.26. The summed E-state index contributed by atoms with van der Waals surface area (Å²) in [6.45, 7) is 6.99. The highest BCUT2D eigenvalue weighted by molar-refractivity contribution is 6.30. The molecule has 0 saturated carbocycles. The number of ether oxygens (including phenoxy) is 1. The number of likely N-dealkylation sites (N-methyl/N-ethyl adjacent to an activating group) is 1. The van der Waals surface area contributed by atoms with Crippen molar-refractivity contribution in [2.75, 3.05) is 39.0 Å². The first-order chi connectivity index (χ1) is 13.3. The lowest BCUT2D eigenvalue weighted by Gasteiger charge is -2.31. The number of nitrogen functional groups attached to an aromatic ring is 1. The maximum Gasteiger partial charge on any atom is 0.340 e. The average molecular weight is 381 g/mol. The first kappa shape index (κ1) is 19.8. The molecule has 0 aliphatic heterocycles. The van der Waals surface area contributed by atoms with E-state index < -0.39 is 5.97 Å². The van der Waals surface area contributed by atoms with E-state index in [2.05, 4.69) is 20.9 Å². The molecular formula is C22H25N2O4+. The Morgan fingerprint density at radius 2 is 1.57 bits per heavy atom. The van der Waals surface area contributed by atoms with E-state index in [4.69, 9.17) is 10.5 Å². The van der Waals surface area contributed by atoms with Crippen molar-refractivity contribution in [3.05, 3.63) is 64.2 Å².